The number of fused-ring (bicyclic) bond motifs is 1. The lowest BCUT2D eigenvalue weighted by Crippen LogP contribution is -2.14. The number of ether oxygens (including phenoxy) is 1. The van der Waals surface area contributed by atoms with Gasteiger partial charge in [-0.3, -0.25) is 0 Å². The molecule has 0 N–H and O–H groups in total. The molecule has 0 unspecified atom stereocenters. The van der Waals surface area contributed by atoms with Crippen LogP contribution in [0.3, 0.4) is 0 Å². The van der Waals surface area contributed by atoms with Crippen molar-refractivity contribution in [1.82, 2.24) is 9.78 Å². The van der Waals surface area contributed by atoms with Crippen LogP contribution >= 0.6 is 0 Å². The normalized spacial score (nSPS) is 15.8. The summed E-state index contributed by atoms with van der Waals surface area (Å²) in [6.45, 7) is 5.92. The molecular weight excluding hydrogens is 140 g/mol. The lowest BCUT2D eigenvalue weighted by molar-refractivity contribution is 0.229. The Morgan fingerprint density at radius 3 is 3.00 bits per heavy atom. The van der Waals surface area contributed by atoms with Gasteiger partial charge in [-0.15, -0.1) is 0 Å². The van der Waals surface area contributed by atoms with Crippen molar-refractivity contribution >= 4 is 0 Å². The first-order valence-corrected chi connectivity index (χ1v) is 3.96. The van der Waals surface area contributed by atoms with Crippen LogP contribution in [0.2, 0.25) is 0 Å². The zero-order valence-corrected chi connectivity index (χ0v) is 6.92. The minimum absolute atomic E-state index is 0.839. The summed E-state index contributed by atoms with van der Waals surface area (Å²) in [5.41, 5.74) is 2.27. The summed E-state index contributed by atoms with van der Waals surface area (Å²) >= 11 is 0. The van der Waals surface area contributed by atoms with E-state index in [1.807, 2.05) is 11.6 Å². The second-order valence-corrected chi connectivity index (χ2v) is 2.94. The van der Waals surface area contributed by atoms with Crippen molar-refractivity contribution in [3.63, 3.8) is 0 Å². The highest BCUT2D eigenvalue weighted by atomic mass is 16.5. The largest absolute Gasteiger partial charge is 0.478 e. The highest BCUT2D eigenvalue weighted by molar-refractivity contribution is 5.29. The minimum Gasteiger partial charge on any atom is -0.478 e. The molecule has 1 aliphatic rings. The predicted octanol–water partition coefficient (Wildman–Crippen LogP) is 1.28. The Morgan fingerprint density at radius 2 is 2.27 bits per heavy atom. The molecule has 11 heavy (non-hydrogen) atoms. The fraction of sp³-hybridized carbons (Fsp3) is 0.625. The molecule has 3 heteroatoms. The van der Waals surface area contributed by atoms with Crippen molar-refractivity contribution in [3.05, 3.63) is 11.3 Å². The Balaban J connectivity index is 2.50. The third kappa shape index (κ3) is 0.914. The second-order valence-electron chi connectivity index (χ2n) is 2.94. The summed E-state index contributed by atoms with van der Waals surface area (Å²) in [6, 6.07) is 0. The molecule has 0 radical (unpaired) electrons. The van der Waals surface area contributed by atoms with E-state index in [-0.39, 0.29) is 0 Å². The fourth-order valence-corrected chi connectivity index (χ4v) is 1.37. The van der Waals surface area contributed by atoms with Crippen molar-refractivity contribution in [2.75, 3.05) is 6.61 Å². The Morgan fingerprint density at radius 1 is 1.45 bits per heavy atom. The average molecular weight is 152 g/mol. The molecule has 0 atom stereocenters. The van der Waals surface area contributed by atoms with E-state index in [4.69, 9.17) is 4.74 Å². The standard InChI is InChI=1S/C8H12N2O/c1-6-7(2)9-10-4-3-5-11-8(6)10/h3-5H2,1-2H3. The van der Waals surface area contributed by atoms with E-state index in [1.165, 1.54) is 5.56 Å². The van der Waals surface area contributed by atoms with E-state index < -0.39 is 0 Å². The molecule has 1 aromatic heterocycles. The summed E-state index contributed by atoms with van der Waals surface area (Å²) in [4.78, 5) is 0. The van der Waals surface area contributed by atoms with E-state index >= 15 is 0 Å². The molecule has 0 bridgehead atoms. The Hall–Kier alpha value is -0.990. The van der Waals surface area contributed by atoms with Crippen LogP contribution in [0.25, 0.3) is 0 Å². The molecule has 2 rings (SSSR count). The smallest absolute Gasteiger partial charge is 0.215 e. The summed E-state index contributed by atoms with van der Waals surface area (Å²) in [5, 5.41) is 4.34. The van der Waals surface area contributed by atoms with Crippen LogP contribution in [-0.2, 0) is 6.54 Å². The quantitative estimate of drug-likeness (QED) is 0.560. The fourth-order valence-electron chi connectivity index (χ4n) is 1.37. The second kappa shape index (κ2) is 2.26. The van der Waals surface area contributed by atoms with Gasteiger partial charge in [-0.1, -0.05) is 0 Å². The first kappa shape index (κ1) is 6.70. The van der Waals surface area contributed by atoms with Gasteiger partial charge >= 0.3 is 0 Å². The van der Waals surface area contributed by atoms with Crippen LogP contribution in [-0.4, -0.2) is 16.4 Å². The number of rotatable bonds is 0. The van der Waals surface area contributed by atoms with Crippen LogP contribution in [0, 0.1) is 13.8 Å². The SMILES string of the molecule is Cc1nn2c(c1C)OCCC2. The molecule has 60 valence electrons. The molecule has 0 saturated heterocycles. The first-order valence-electron chi connectivity index (χ1n) is 3.96. The van der Waals surface area contributed by atoms with Crippen LogP contribution in [0.5, 0.6) is 5.88 Å². The molecular formula is C8H12N2O. The lowest BCUT2D eigenvalue weighted by atomic mass is 10.3. The zero-order chi connectivity index (χ0) is 7.84. The lowest BCUT2D eigenvalue weighted by Gasteiger charge is -2.14. The van der Waals surface area contributed by atoms with Gasteiger partial charge in [0.15, 0.2) is 0 Å². The van der Waals surface area contributed by atoms with E-state index in [1.54, 1.807) is 0 Å². The van der Waals surface area contributed by atoms with Crippen molar-refractivity contribution in [1.29, 1.82) is 0 Å². The monoisotopic (exact) mass is 152 g/mol. The van der Waals surface area contributed by atoms with E-state index in [9.17, 15) is 0 Å². The summed E-state index contributed by atoms with van der Waals surface area (Å²) < 4.78 is 7.43. The van der Waals surface area contributed by atoms with Gasteiger partial charge in [-0.2, -0.15) is 5.10 Å². The number of aromatic nitrogens is 2. The van der Waals surface area contributed by atoms with Crippen LogP contribution in [0.4, 0.5) is 0 Å². The Labute approximate surface area is 66.0 Å². The minimum atomic E-state index is 0.839. The van der Waals surface area contributed by atoms with Gasteiger partial charge in [0.05, 0.1) is 12.3 Å². The van der Waals surface area contributed by atoms with E-state index in [0.29, 0.717) is 0 Å². The predicted molar refractivity (Wildman–Crippen MR) is 41.8 cm³/mol. The van der Waals surface area contributed by atoms with Crippen molar-refractivity contribution < 1.29 is 4.74 Å². The highest BCUT2D eigenvalue weighted by Gasteiger charge is 2.15. The molecule has 0 amide bonds. The van der Waals surface area contributed by atoms with E-state index in [0.717, 1.165) is 31.1 Å². The maximum atomic E-state index is 5.48. The first-order chi connectivity index (χ1) is 5.29. The highest BCUT2D eigenvalue weighted by Crippen LogP contribution is 2.23. The zero-order valence-electron chi connectivity index (χ0n) is 6.92. The Kier molecular flexibility index (Phi) is 1.37. The number of aryl methyl sites for hydroxylation is 2. The molecule has 0 saturated carbocycles. The number of nitrogens with zero attached hydrogens (tertiary/aromatic N) is 2. The molecule has 2 heterocycles. The summed E-state index contributed by atoms with van der Waals surface area (Å²) in [7, 11) is 0. The Bertz CT molecular complexity index is 278. The maximum Gasteiger partial charge on any atom is 0.215 e. The van der Waals surface area contributed by atoms with Gasteiger partial charge in [0.25, 0.3) is 0 Å². The third-order valence-corrected chi connectivity index (χ3v) is 2.12. The van der Waals surface area contributed by atoms with Crippen molar-refractivity contribution in [2.24, 2.45) is 0 Å². The topological polar surface area (TPSA) is 27.1 Å². The molecule has 0 fully saturated rings. The van der Waals surface area contributed by atoms with E-state index in [2.05, 4.69) is 12.0 Å². The van der Waals surface area contributed by atoms with Gasteiger partial charge in [0, 0.05) is 18.5 Å². The van der Waals surface area contributed by atoms with Crippen LogP contribution in [0.15, 0.2) is 0 Å². The third-order valence-electron chi connectivity index (χ3n) is 2.12. The molecule has 1 aliphatic heterocycles. The van der Waals surface area contributed by atoms with Crippen LogP contribution in [0.1, 0.15) is 17.7 Å². The van der Waals surface area contributed by atoms with Gasteiger partial charge in [0.2, 0.25) is 5.88 Å². The van der Waals surface area contributed by atoms with Crippen molar-refractivity contribution in [3.8, 4) is 5.88 Å². The average Bonchev–Trinajstić information content (AvgIpc) is 2.30. The van der Waals surface area contributed by atoms with Gasteiger partial charge < -0.3 is 4.74 Å². The van der Waals surface area contributed by atoms with Gasteiger partial charge in [-0.25, -0.2) is 4.68 Å². The molecule has 0 spiro atoms. The van der Waals surface area contributed by atoms with Crippen LogP contribution < -0.4 is 4.74 Å². The molecule has 0 aromatic carbocycles. The summed E-state index contributed by atoms with van der Waals surface area (Å²) in [5.74, 6) is 0.966. The molecule has 3 nitrogen and oxygen atoms in total. The number of hydrogen-bond acceptors (Lipinski definition) is 2. The van der Waals surface area contributed by atoms with Gasteiger partial charge in [-0.05, 0) is 13.8 Å². The maximum absolute atomic E-state index is 5.48. The number of hydrogen-bond donors (Lipinski definition) is 0. The van der Waals surface area contributed by atoms with Gasteiger partial charge in [0.1, 0.15) is 0 Å². The van der Waals surface area contributed by atoms with Crippen molar-refractivity contribution in [2.45, 2.75) is 26.8 Å². The molecule has 1 aromatic rings. The molecule has 0 aliphatic carbocycles. The summed E-state index contributed by atoms with van der Waals surface area (Å²) in [6.07, 6.45) is 1.08.